The van der Waals surface area contributed by atoms with Crippen LogP contribution in [0.3, 0.4) is 0 Å². The van der Waals surface area contributed by atoms with E-state index in [4.69, 9.17) is 10.9 Å². The summed E-state index contributed by atoms with van der Waals surface area (Å²) in [5.41, 5.74) is 5.38. The summed E-state index contributed by atoms with van der Waals surface area (Å²) in [6.07, 6.45) is 0. The van der Waals surface area contributed by atoms with Crippen LogP contribution in [0.2, 0.25) is 0 Å². The fourth-order valence-electron chi connectivity index (χ4n) is 1.00. The highest BCUT2D eigenvalue weighted by Gasteiger charge is 2.10. The summed E-state index contributed by atoms with van der Waals surface area (Å²) in [4.78, 5) is 0. The fraction of sp³-hybridized carbons (Fsp3) is 0.222. The minimum Gasteiger partial charge on any atom is -0.409 e. The molecule has 0 spiro atoms. The summed E-state index contributed by atoms with van der Waals surface area (Å²) in [7, 11) is 0. The first-order valence-electron chi connectivity index (χ1n) is 4.23. The Labute approximate surface area is 85.4 Å². The second-order valence-corrected chi connectivity index (χ2v) is 3.02. The van der Waals surface area contributed by atoms with Crippen LogP contribution in [0.5, 0.6) is 0 Å². The van der Waals surface area contributed by atoms with Gasteiger partial charge in [-0.05, 0) is 19.1 Å². The molecule has 0 fully saturated rings. The SMILES string of the molecule is CC(Nc1ccc(F)cc1F)C(N)=NO. The Hall–Kier alpha value is -1.85. The number of nitrogens with one attached hydrogen (secondary N) is 1. The van der Waals surface area contributed by atoms with Crippen LogP contribution in [0.1, 0.15) is 6.92 Å². The minimum atomic E-state index is -0.729. The Morgan fingerprint density at radius 2 is 2.20 bits per heavy atom. The molecule has 1 rings (SSSR count). The maximum Gasteiger partial charge on any atom is 0.161 e. The number of hydrogen-bond donors (Lipinski definition) is 3. The highest BCUT2D eigenvalue weighted by Crippen LogP contribution is 2.15. The zero-order chi connectivity index (χ0) is 11.4. The lowest BCUT2D eigenvalue weighted by Crippen LogP contribution is -2.33. The van der Waals surface area contributed by atoms with Crippen LogP contribution >= 0.6 is 0 Å². The van der Waals surface area contributed by atoms with Gasteiger partial charge >= 0.3 is 0 Å². The van der Waals surface area contributed by atoms with E-state index in [0.29, 0.717) is 0 Å². The third-order valence-electron chi connectivity index (χ3n) is 1.86. The largest absolute Gasteiger partial charge is 0.409 e. The molecule has 0 bridgehead atoms. The first-order valence-corrected chi connectivity index (χ1v) is 4.23. The normalized spacial score (nSPS) is 13.7. The van der Waals surface area contributed by atoms with Crippen molar-refractivity contribution in [1.29, 1.82) is 0 Å². The zero-order valence-electron chi connectivity index (χ0n) is 8.04. The predicted octanol–water partition coefficient (Wildman–Crippen LogP) is 1.51. The molecule has 0 amide bonds. The van der Waals surface area contributed by atoms with Crippen molar-refractivity contribution in [3.05, 3.63) is 29.8 Å². The Balaban J connectivity index is 2.81. The lowest BCUT2D eigenvalue weighted by atomic mass is 10.2. The lowest BCUT2D eigenvalue weighted by molar-refractivity contribution is 0.316. The fourth-order valence-corrected chi connectivity index (χ4v) is 1.00. The Morgan fingerprint density at radius 1 is 1.53 bits per heavy atom. The van der Waals surface area contributed by atoms with E-state index >= 15 is 0 Å². The highest BCUT2D eigenvalue weighted by atomic mass is 19.1. The van der Waals surface area contributed by atoms with Crippen LogP contribution in [-0.4, -0.2) is 17.1 Å². The summed E-state index contributed by atoms with van der Waals surface area (Å²) in [5, 5.41) is 13.8. The molecular formula is C9H11F2N3O. The quantitative estimate of drug-likeness (QED) is 0.310. The number of oxime groups is 1. The second kappa shape index (κ2) is 4.59. The maximum atomic E-state index is 13.1. The van der Waals surface area contributed by atoms with Crippen molar-refractivity contribution < 1.29 is 14.0 Å². The van der Waals surface area contributed by atoms with Gasteiger partial charge in [0.15, 0.2) is 5.84 Å². The van der Waals surface area contributed by atoms with Gasteiger partial charge in [-0.15, -0.1) is 0 Å². The van der Waals surface area contributed by atoms with Crippen LogP contribution in [0.15, 0.2) is 23.4 Å². The third-order valence-corrected chi connectivity index (χ3v) is 1.86. The number of anilines is 1. The predicted molar refractivity (Wildman–Crippen MR) is 52.9 cm³/mol. The summed E-state index contributed by atoms with van der Waals surface area (Å²) in [5.74, 6) is -1.47. The van der Waals surface area contributed by atoms with Gasteiger partial charge in [0.2, 0.25) is 0 Å². The van der Waals surface area contributed by atoms with Gasteiger partial charge in [0.05, 0.1) is 11.7 Å². The van der Waals surface area contributed by atoms with Gasteiger partial charge in [-0.2, -0.15) is 0 Å². The van der Waals surface area contributed by atoms with Gasteiger partial charge in [-0.3, -0.25) is 0 Å². The van der Waals surface area contributed by atoms with Crippen molar-refractivity contribution in [2.24, 2.45) is 10.9 Å². The number of nitrogens with two attached hydrogens (primary N) is 1. The zero-order valence-corrected chi connectivity index (χ0v) is 8.04. The number of amidine groups is 1. The monoisotopic (exact) mass is 215 g/mol. The molecule has 1 aromatic carbocycles. The molecule has 82 valence electrons. The van der Waals surface area contributed by atoms with Crippen molar-refractivity contribution >= 4 is 11.5 Å². The molecule has 15 heavy (non-hydrogen) atoms. The molecule has 1 unspecified atom stereocenters. The first-order chi connectivity index (χ1) is 7.04. The summed E-state index contributed by atoms with van der Waals surface area (Å²) in [6.45, 7) is 1.58. The van der Waals surface area contributed by atoms with E-state index in [1.54, 1.807) is 6.92 Å². The molecule has 0 saturated carbocycles. The van der Waals surface area contributed by atoms with Crippen molar-refractivity contribution in [2.45, 2.75) is 13.0 Å². The topological polar surface area (TPSA) is 70.6 Å². The van der Waals surface area contributed by atoms with Gasteiger partial charge in [-0.25, -0.2) is 8.78 Å². The highest BCUT2D eigenvalue weighted by molar-refractivity contribution is 5.87. The van der Waals surface area contributed by atoms with E-state index in [1.165, 1.54) is 6.07 Å². The van der Waals surface area contributed by atoms with Crippen molar-refractivity contribution in [3.8, 4) is 0 Å². The molecule has 6 heteroatoms. The summed E-state index contributed by atoms with van der Waals surface area (Å²) < 4.78 is 25.7. The van der Waals surface area contributed by atoms with Crippen LogP contribution < -0.4 is 11.1 Å². The molecule has 0 heterocycles. The smallest absolute Gasteiger partial charge is 0.161 e. The van der Waals surface area contributed by atoms with E-state index < -0.39 is 17.7 Å². The van der Waals surface area contributed by atoms with Crippen LogP contribution in [0, 0.1) is 11.6 Å². The second-order valence-electron chi connectivity index (χ2n) is 3.02. The average molecular weight is 215 g/mol. The number of nitrogens with zero attached hydrogens (tertiary/aromatic N) is 1. The van der Waals surface area contributed by atoms with Gasteiger partial charge in [0.1, 0.15) is 11.6 Å². The van der Waals surface area contributed by atoms with E-state index in [0.717, 1.165) is 12.1 Å². The molecule has 0 aromatic heterocycles. The Bertz CT molecular complexity index is 382. The van der Waals surface area contributed by atoms with Gasteiger partial charge in [-0.1, -0.05) is 5.16 Å². The van der Waals surface area contributed by atoms with E-state index in [-0.39, 0.29) is 11.5 Å². The first kappa shape index (κ1) is 11.2. The van der Waals surface area contributed by atoms with Gasteiger partial charge < -0.3 is 16.3 Å². The molecule has 0 aliphatic carbocycles. The van der Waals surface area contributed by atoms with E-state index in [2.05, 4.69) is 10.5 Å². The maximum absolute atomic E-state index is 13.1. The molecule has 0 aliphatic heterocycles. The molecule has 1 atom stereocenters. The van der Waals surface area contributed by atoms with E-state index in [1.807, 2.05) is 0 Å². The Kier molecular flexibility index (Phi) is 3.43. The van der Waals surface area contributed by atoms with E-state index in [9.17, 15) is 8.78 Å². The van der Waals surface area contributed by atoms with Crippen molar-refractivity contribution in [1.82, 2.24) is 0 Å². The molecular weight excluding hydrogens is 204 g/mol. The van der Waals surface area contributed by atoms with Gasteiger partial charge in [0, 0.05) is 6.07 Å². The molecule has 4 N–H and O–H groups in total. The summed E-state index contributed by atoms with van der Waals surface area (Å²) in [6, 6.07) is 2.56. The van der Waals surface area contributed by atoms with Crippen molar-refractivity contribution in [2.75, 3.05) is 5.32 Å². The number of rotatable bonds is 3. The number of hydrogen-bond acceptors (Lipinski definition) is 3. The Morgan fingerprint density at radius 3 is 2.73 bits per heavy atom. The van der Waals surface area contributed by atoms with Gasteiger partial charge in [0.25, 0.3) is 0 Å². The average Bonchev–Trinajstić information content (AvgIpc) is 2.20. The number of halogens is 2. The third kappa shape index (κ3) is 2.80. The van der Waals surface area contributed by atoms with Crippen LogP contribution in [0.4, 0.5) is 14.5 Å². The minimum absolute atomic E-state index is 0.0845. The molecule has 0 radical (unpaired) electrons. The lowest BCUT2D eigenvalue weighted by Gasteiger charge is -2.13. The molecule has 0 saturated heterocycles. The molecule has 1 aromatic rings. The molecule has 0 aliphatic rings. The number of benzene rings is 1. The molecule has 4 nitrogen and oxygen atoms in total. The van der Waals surface area contributed by atoms with Crippen LogP contribution in [-0.2, 0) is 0 Å². The summed E-state index contributed by atoms with van der Waals surface area (Å²) >= 11 is 0. The van der Waals surface area contributed by atoms with Crippen LogP contribution in [0.25, 0.3) is 0 Å². The van der Waals surface area contributed by atoms with Crippen molar-refractivity contribution in [3.63, 3.8) is 0 Å². The standard InChI is InChI=1S/C9H11F2N3O/c1-5(9(12)14-15)13-8-3-2-6(10)4-7(8)11/h2-5,13,15H,1H3,(H2,12,14).